The highest BCUT2D eigenvalue weighted by atomic mass is 35.5. The number of halogens is 1. The summed E-state index contributed by atoms with van der Waals surface area (Å²) in [5.74, 6) is -0.00947. The van der Waals surface area contributed by atoms with Gasteiger partial charge in [-0.25, -0.2) is 0 Å². The lowest BCUT2D eigenvalue weighted by Crippen LogP contribution is -2.34. The standard InChI is InChI=1S/C13H16ClN3O/c1-3-16-13(18)9-17(2)8-11-5-4-10(7-15)6-12(11)14/h4-6H,3,8-9H2,1-2H3,(H,16,18). The Kier molecular flexibility index (Phi) is 5.63. The summed E-state index contributed by atoms with van der Waals surface area (Å²) in [6, 6.07) is 7.21. The van der Waals surface area contributed by atoms with Crippen molar-refractivity contribution in [1.82, 2.24) is 10.2 Å². The molecular weight excluding hydrogens is 250 g/mol. The Morgan fingerprint density at radius 2 is 2.28 bits per heavy atom. The number of carbonyl (C=O) groups is 1. The minimum atomic E-state index is -0.00947. The minimum Gasteiger partial charge on any atom is -0.355 e. The maximum atomic E-state index is 11.4. The number of amides is 1. The van der Waals surface area contributed by atoms with Gasteiger partial charge < -0.3 is 5.32 Å². The molecule has 0 heterocycles. The number of nitrogens with one attached hydrogen (secondary N) is 1. The predicted octanol–water partition coefficient (Wildman–Crippen LogP) is 1.78. The third kappa shape index (κ3) is 4.36. The van der Waals surface area contributed by atoms with Crippen molar-refractivity contribution in [2.75, 3.05) is 20.1 Å². The van der Waals surface area contributed by atoms with Crippen molar-refractivity contribution in [2.45, 2.75) is 13.5 Å². The lowest BCUT2D eigenvalue weighted by molar-refractivity contribution is -0.121. The molecule has 0 aliphatic rings. The van der Waals surface area contributed by atoms with Crippen molar-refractivity contribution < 1.29 is 4.79 Å². The fourth-order valence-corrected chi connectivity index (χ4v) is 1.83. The molecule has 1 N–H and O–H groups in total. The summed E-state index contributed by atoms with van der Waals surface area (Å²) in [6.07, 6.45) is 0. The van der Waals surface area contributed by atoms with Crippen LogP contribution in [0.4, 0.5) is 0 Å². The molecule has 1 amide bonds. The Bertz CT molecular complexity index is 468. The molecule has 5 heteroatoms. The predicted molar refractivity (Wildman–Crippen MR) is 71.2 cm³/mol. The Labute approximate surface area is 112 Å². The van der Waals surface area contributed by atoms with Gasteiger partial charge in [0.2, 0.25) is 5.91 Å². The fourth-order valence-electron chi connectivity index (χ4n) is 1.59. The van der Waals surface area contributed by atoms with E-state index in [-0.39, 0.29) is 5.91 Å². The van der Waals surface area contributed by atoms with Gasteiger partial charge in [0.05, 0.1) is 18.2 Å². The third-order valence-corrected chi connectivity index (χ3v) is 2.76. The first-order chi connectivity index (χ1) is 8.56. The number of likely N-dealkylation sites (N-methyl/N-ethyl adjacent to an activating group) is 2. The first-order valence-corrected chi connectivity index (χ1v) is 6.08. The molecule has 0 aliphatic heterocycles. The Hall–Kier alpha value is -1.57. The van der Waals surface area contributed by atoms with Gasteiger partial charge in [0, 0.05) is 18.1 Å². The zero-order chi connectivity index (χ0) is 13.5. The van der Waals surface area contributed by atoms with Crippen molar-refractivity contribution >= 4 is 17.5 Å². The van der Waals surface area contributed by atoms with E-state index in [1.165, 1.54) is 0 Å². The molecule has 1 aromatic rings. The molecular formula is C13H16ClN3O. The Morgan fingerprint density at radius 3 is 2.83 bits per heavy atom. The highest BCUT2D eigenvalue weighted by Gasteiger charge is 2.08. The molecule has 18 heavy (non-hydrogen) atoms. The highest BCUT2D eigenvalue weighted by Crippen LogP contribution is 2.18. The van der Waals surface area contributed by atoms with Gasteiger partial charge >= 0.3 is 0 Å². The fraction of sp³-hybridized carbons (Fsp3) is 0.385. The molecule has 0 fully saturated rings. The second-order valence-corrected chi connectivity index (χ2v) is 4.45. The number of hydrogen-bond acceptors (Lipinski definition) is 3. The van der Waals surface area contributed by atoms with Crippen LogP contribution in [0.5, 0.6) is 0 Å². The van der Waals surface area contributed by atoms with Crippen LogP contribution in [-0.4, -0.2) is 30.9 Å². The monoisotopic (exact) mass is 265 g/mol. The smallest absolute Gasteiger partial charge is 0.234 e. The van der Waals surface area contributed by atoms with Gasteiger partial charge in [0.15, 0.2) is 0 Å². The van der Waals surface area contributed by atoms with E-state index in [1.807, 2.05) is 31.0 Å². The number of nitrogens with zero attached hydrogens (tertiary/aromatic N) is 2. The van der Waals surface area contributed by atoms with Gasteiger partial charge in [-0.3, -0.25) is 9.69 Å². The first-order valence-electron chi connectivity index (χ1n) is 5.70. The second-order valence-electron chi connectivity index (χ2n) is 4.04. The molecule has 0 unspecified atom stereocenters. The largest absolute Gasteiger partial charge is 0.355 e. The van der Waals surface area contributed by atoms with E-state index in [4.69, 9.17) is 16.9 Å². The van der Waals surface area contributed by atoms with Crippen LogP contribution < -0.4 is 5.32 Å². The third-order valence-electron chi connectivity index (χ3n) is 2.41. The van der Waals surface area contributed by atoms with Gasteiger partial charge in [-0.2, -0.15) is 5.26 Å². The summed E-state index contributed by atoms with van der Waals surface area (Å²) in [7, 11) is 1.85. The van der Waals surface area contributed by atoms with Crippen molar-refractivity contribution in [1.29, 1.82) is 5.26 Å². The summed E-state index contributed by atoms with van der Waals surface area (Å²) in [4.78, 5) is 13.3. The lowest BCUT2D eigenvalue weighted by Gasteiger charge is -2.16. The van der Waals surface area contributed by atoms with Crippen molar-refractivity contribution in [3.8, 4) is 6.07 Å². The molecule has 4 nitrogen and oxygen atoms in total. The van der Waals surface area contributed by atoms with Gasteiger partial charge in [-0.1, -0.05) is 17.7 Å². The topological polar surface area (TPSA) is 56.1 Å². The van der Waals surface area contributed by atoms with Crippen molar-refractivity contribution in [3.05, 3.63) is 34.3 Å². The van der Waals surface area contributed by atoms with E-state index in [0.717, 1.165) is 5.56 Å². The van der Waals surface area contributed by atoms with E-state index >= 15 is 0 Å². The zero-order valence-electron chi connectivity index (χ0n) is 10.5. The van der Waals surface area contributed by atoms with Crippen LogP contribution >= 0.6 is 11.6 Å². The van der Waals surface area contributed by atoms with Crippen molar-refractivity contribution in [3.63, 3.8) is 0 Å². The molecule has 0 saturated carbocycles. The summed E-state index contributed by atoms with van der Waals surface area (Å²) in [5, 5.41) is 12.0. The summed E-state index contributed by atoms with van der Waals surface area (Å²) < 4.78 is 0. The summed E-state index contributed by atoms with van der Waals surface area (Å²) >= 11 is 6.07. The molecule has 96 valence electrons. The number of nitriles is 1. The molecule has 1 aromatic carbocycles. The van der Waals surface area contributed by atoms with Gasteiger partial charge in [0.25, 0.3) is 0 Å². The summed E-state index contributed by atoms with van der Waals surface area (Å²) in [5.41, 5.74) is 1.44. The van der Waals surface area contributed by atoms with Crippen LogP contribution in [0.15, 0.2) is 18.2 Å². The Morgan fingerprint density at radius 1 is 1.56 bits per heavy atom. The van der Waals surface area contributed by atoms with Gasteiger partial charge in [-0.05, 0) is 31.7 Å². The SMILES string of the molecule is CCNC(=O)CN(C)Cc1ccc(C#N)cc1Cl. The van der Waals surface area contributed by atoms with E-state index in [9.17, 15) is 4.79 Å². The molecule has 0 aliphatic carbocycles. The van der Waals surface area contributed by atoms with Crippen LogP contribution in [0.2, 0.25) is 5.02 Å². The highest BCUT2D eigenvalue weighted by molar-refractivity contribution is 6.31. The lowest BCUT2D eigenvalue weighted by atomic mass is 10.1. The number of carbonyl (C=O) groups excluding carboxylic acids is 1. The molecule has 1 rings (SSSR count). The number of benzene rings is 1. The average molecular weight is 266 g/mol. The normalized spacial score (nSPS) is 10.2. The quantitative estimate of drug-likeness (QED) is 0.883. The van der Waals surface area contributed by atoms with Crippen molar-refractivity contribution in [2.24, 2.45) is 0 Å². The molecule has 0 bridgehead atoms. The first kappa shape index (κ1) is 14.5. The molecule has 0 aromatic heterocycles. The number of rotatable bonds is 5. The maximum absolute atomic E-state index is 11.4. The molecule has 0 spiro atoms. The molecule has 0 atom stereocenters. The van der Waals surface area contributed by atoms with Crippen LogP contribution in [0.3, 0.4) is 0 Å². The van der Waals surface area contributed by atoms with Crippen LogP contribution in [-0.2, 0) is 11.3 Å². The zero-order valence-corrected chi connectivity index (χ0v) is 11.3. The van der Waals surface area contributed by atoms with E-state index in [1.54, 1.807) is 12.1 Å². The van der Waals surface area contributed by atoms with E-state index in [2.05, 4.69) is 5.32 Å². The summed E-state index contributed by atoms with van der Waals surface area (Å²) in [6.45, 7) is 3.41. The number of hydrogen-bond donors (Lipinski definition) is 1. The molecule has 0 radical (unpaired) electrons. The maximum Gasteiger partial charge on any atom is 0.234 e. The van der Waals surface area contributed by atoms with Crippen LogP contribution in [0.25, 0.3) is 0 Å². The average Bonchev–Trinajstić information content (AvgIpc) is 2.31. The van der Waals surface area contributed by atoms with E-state index < -0.39 is 0 Å². The van der Waals surface area contributed by atoms with E-state index in [0.29, 0.717) is 30.2 Å². The van der Waals surface area contributed by atoms with Gasteiger partial charge in [0.1, 0.15) is 0 Å². The molecule has 0 saturated heterocycles. The van der Waals surface area contributed by atoms with Crippen LogP contribution in [0.1, 0.15) is 18.1 Å². The van der Waals surface area contributed by atoms with Crippen LogP contribution in [0, 0.1) is 11.3 Å². The van der Waals surface area contributed by atoms with Gasteiger partial charge in [-0.15, -0.1) is 0 Å². The Balaban J connectivity index is 2.62. The second kappa shape index (κ2) is 7.00. The minimum absolute atomic E-state index is 0.00947.